The topological polar surface area (TPSA) is 6.48 Å². The second kappa shape index (κ2) is 1.43. The summed E-state index contributed by atoms with van der Waals surface area (Å²) in [6.45, 7) is 4.60. The fourth-order valence-electron chi connectivity index (χ4n) is 1.53. The van der Waals surface area contributed by atoms with E-state index in [1.807, 2.05) is 0 Å². The Kier molecular flexibility index (Phi) is 0.821. The Morgan fingerprint density at radius 2 is 2.22 bits per heavy atom. The number of allylic oxidation sites excluding steroid dienone is 1. The second-order valence-corrected chi connectivity index (χ2v) is 2.88. The van der Waals surface area contributed by atoms with E-state index in [9.17, 15) is 0 Å². The number of nitrogens with zero attached hydrogens (tertiary/aromatic N) is 2. The molecule has 0 aromatic rings. The zero-order valence-electron chi connectivity index (χ0n) is 6.02. The lowest BCUT2D eigenvalue weighted by atomic mass is 10.1. The number of fused-ring (bicyclic) bond motifs is 1. The normalized spacial score (nSPS) is 24.7. The highest BCUT2D eigenvalue weighted by Crippen LogP contribution is 2.31. The molecule has 0 aliphatic carbocycles. The predicted octanol–water partition coefficient (Wildman–Crippen LogP) is 0.827. The number of hydrogen-bond acceptors (Lipinski definition) is 2. The fraction of sp³-hybridized carbons (Fsp3) is 0.714. The molecule has 0 amide bonds. The Hall–Kier alpha value is -0.660. The molecule has 2 rings (SSSR count). The summed E-state index contributed by atoms with van der Waals surface area (Å²) in [5, 5.41) is 0. The standard InChI is InChI=1S/C7H12N2/c1-6-7-3-4-9(7)5-8(6)2/h3-5H2,1-2H3. The lowest BCUT2D eigenvalue weighted by Gasteiger charge is -2.30. The smallest absolute Gasteiger partial charge is 0.0895 e. The third-order valence-corrected chi connectivity index (χ3v) is 2.37. The van der Waals surface area contributed by atoms with Crippen LogP contribution < -0.4 is 0 Å². The first-order valence-electron chi connectivity index (χ1n) is 3.45. The van der Waals surface area contributed by atoms with Crippen LogP contribution in [0.15, 0.2) is 11.4 Å². The summed E-state index contributed by atoms with van der Waals surface area (Å²) in [5.74, 6) is 0. The quantitative estimate of drug-likeness (QED) is 0.472. The van der Waals surface area contributed by atoms with E-state index in [0.29, 0.717) is 0 Å². The number of rotatable bonds is 0. The molecule has 1 fully saturated rings. The van der Waals surface area contributed by atoms with Crippen molar-refractivity contribution in [3.8, 4) is 0 Å². The van der Waals surface area contributed by atoms with Crippen molar-refractivity contribution in [2.45, 2.75) is 13.3 Å². The zero-order chi connectivity index (χ0) is 6.43. The minimum atomic E-state index is 1.13. The lowest BCUT2D eigenvalue weighted by molar-refractivity contribution is 0.225. The van der Waals surface area contributed by atoms with Crippen LogP contribution >= 0.6 is 0 Å². The van der Waals surface area contributed by atoms with E-state index in [4.69, 9.17) is 0 Å². The van der Waals surface area contributed by atoms with Gasteiger partial charge in [-0.1, -0.05) is 0 Å². The summed E-state index contributed by atoms with van der Waals surface area (Å²) >= 11 is 0. The molecule has 1 saturated heterocycles. The molecule has 9 heavy (non-hydrogen) atoms. The summed E-state index contributed by atoms with van der Waals surface area (Å²) in [4.78, 5) is 4.73. The van der Waals surface area contributed by atoms with Gasteiger partial charge in [-0.3, -0.25) is 0 Å². The summed E-state index contributed by atoms with van der Waals surface area (Å²) in [6, 6.07) is 0. The Balaban J connectivity index is 2.28. The molecule has 0 saturated carbocycles. The zero-order valence-corrected chi connectivity index (χ0v) is 6.02. The molecule has 2 heterocycles. The molecule has 0 bridgehead atoms. The summed E-state index contributed by atoms with van der Waals surface area (Å²) < 4.78 is 0. The van der Waals surface area contributed by atoms with E-state index in [1.165, 1.54) is 18.7 Å². The van der Waals surface area contributed by atoms with Crippen LogP contribution in [0, 0.1) is 0 Å². The first-order chi connectivity index (χ1) is 4.29. The number of hydrogen-bond donors (Lipinski definition) is 0. The summed E-state index contributed by atoms with van der Waals surface area (Å²) in [5.41, 5.74) is 3.04. The maximum atomic E-state index is 2.43. The molecule has 2 nitrogen and oxygen atoms in total. The van der Waals surface area contributed by atoms with Gasteiger partial charge >= 0.3 is 0 Å². The van der Waals surface area contributed by atoms with Gasteiger partial charge in [0.1, 0.15) is 0 Å². The van der Waals surface area contributed by atoms with Crippen molar-refractivity contribution in [3.63, 3.8) is 0 Å². The minimum Gasteiger partial charge on any atom is -0.359 e. The molecule has 0 N–H and O–H groups in total. The average Bonchev–Trinajstić information content (AvgIpc) is 1.92. The van der Waals surface area contributed by atoms with Crippen molar-refractivity contribution in [2.75, 3.05) is 20.3 Å². The Bertz CT molecular complexity index is 166. The molecule has 50 valence electrons. The average molecular weight is 124 g/mol. The van der Waals surface area contributed by atoms with Gasteiger partial charge in [0, 0.05) is 31.4 Å². The van der Waals surface area contributed by atoms with Crippen LogP contribution in [0.2, 0.25) is 0 Å². The van der Waals surface area contributed by atoms with Gasteiger partial charge < -0.3 is 9.80 Å². The van der Waals surface area contributed by atoms with Crippen LogP contribution in [0.1, 0.15) is 13.3 Å². The molecule has 0 aromatic heterocycles. The van der Waals surface area contributed by atoms with Crippen LogP contribution in [0.25, 0.3) is 0 Å². The maximum Gasteiger partial charge on any atom is 0.0895 e. The maximum absolute atomic E-state index is 2.43. The minimum absolute atomic E-state index is 1.13. The van der Waals surface area contributed by atoms with Crippen LogP contribution in [-0.4, -0.2) is 30.1 Å². The monoisotopic (exact) mass is 124 g/mol. The summed E-state index contributed by atoms with van der Waals surface area (Å²) in [6.07, 6.45) is 1.30. The van der Waals surface area contributed by atoms with Crippen molar-refractivity contribution in [2.24, 2.45) is 0 Å². The first-order valence-corrected chi connectivity index (χ1v) is 3.45. The largest absolute Gasteiger partial charge is 0.359 e. The Morgan fingerprint density at radius 3 is 2.44 bits per heavy atom. The van der Waals surface area contributed by atoms with Crippen LogP contribution in [-0.2, 0) is 0 Å². The van der Waals surface area contributed by atoms with Crippen LogP contribution in [0.5, 0.6) is 0 Å². The van der Waals surface area contributed by atoms with Gasteiger partial charge in [0.15, 0.2) is 0 Å². The second-order valence-electron chi connectivity index (χ2n) is 2.88. The van der Waals surface area contributed by atoms with Gasteiger partial charge in [0.05, 0.1) is 6.67 Å². The molecule has 0 unspecified atom stereocenters. The van der Waals surface area contributed by atoms with Gasteiger partial charge in [-0.15, -0.1) is 0 Å². The Labute approximate surface area is 55.7 Å². The Morgan fingerprint density at radius 1 is 1.44 bits per heavy atom. The van der Waals surface area contributed by atoms with E-state index in [-0.39, 0.29) is 0 Å². The first kappa shape index (κ1) is 5.15. The van der Waals surface area contributed by atoms with E-state index in [0.717, 1.165) is 6.67 Å². The molecule has 0 radical (unpaired) electrons. The van der Waals surface area contributed by atoms with Gasteiger partial charge in [0.2, 0.25) is 0 Å². The predicted molar refractivity (Wildman–Crippen MR) is 36.7 cm³/mol. The molecule has 0 aromatic carbocycles. The van der Waals surface area contributed by atoms with E-state index in [1.54, 1.807) is 5.70 Å². The van der Waals surface area contributed by atoms with Crippen molar-refractivity contribution >= 4 is 0 Å². The van der Waals surface area contributed by atoms with Crippen molar-refractivity contribution in [1.29, 1.82) is 0 Å². The fourth-order valence-corrected chi connectivity index (χ4v) is 1.53. The van der Waals surface area contributed by atoms with Crippen molar-refractivity contribution < 1.29 is 0 Å². The highest BCUT2D eigenvalue weighted by atomic mass is 15.4. The van der Waals surface area contributed by atoms with Gasteiger partial charge in [-0.25, -0.2) is 0 Å². The van der Waals surface area contributed by atoms with Gasteiger partial charge in [-0.2, -0.15) is 0 Å². The van der Waals surface area contributed by atoms with Gasteiger partial charge in [-0.05, 0) is 6.92 Å². The van der Waals surface area contributed by atoms with Crippen molar-refractivity contribution in [3.05, 3.63) is 11.4 Å². The third-order valence-electron chi connectivity index (χ3n) is 2.37. The highest BCUT2D eigenvalue weighted by molar-refractivity contribution is 5.21. The van der Waals surface area contributed by atoms with Gasteiger partial charge in [0.25, 0.3) is 0 Å². The lowest BCUT2D eigenvalue weighted by Crippen LogP contribution is -2.33. The molecular formula is C7H12N2. The molecule has 2 aliphatic rings. The highest BCUT2D eigenvalue weighted by Gasteiger charge is 2.29. The molecule has 0 atom stereocenters. The molecule has 0 spiro atoms. The van der Waals surface area contributed by atoms with Crippen LogP contribution in [0.3, 0.4) is 0 Å². The van der Waals surface area contributed by atoms with E-state index in [2.05, 4.69) is 23.8 Å². The van der Waals surface area contributed by atoms with E-state index >= 15 is 0 Å². The summed E-state index contributed by atoms with van der Waals surface area (Å²) in [7, 11) is 2.15. The van der Waals surface area contributed by atoms with E-state index < -0.39 is 0 Å². The van der Waals surface area contributed by atoms with Crippen LogP contribution in [0.4, 0.5) is 0 Å². The van der Waals surface area contributed by atoms with Crippen molar-refractivity contribution in [1.82, 2.24) is 9.80 Å². The molecule has 2 aliphatic heterocycles. The molecular weight excluding hydrogens is 112 g/mol. The SMILES string of the molecule is CC1=C2CCN2CN1C. The molecule has 2 heteroatoms. The third kappa shape index (κ3) is 0.506.